The molecule has 0 saturated heterocycles. The van der Waals surface area contributed by atoms with E-state index in [1.165, 1.54) is 13.0 Å². The minimum atomic E-state index is -4.96. The summed E-state index contributed by atoms with van der Waals surface area (Å²) in [4.78, 5) is 31.7. The molecule has 1 aliphatic rings. The molecule has 5 N–H and O–H groups in total. The highest BCUT2D eigenvalue weighted by molar-refractivity contribution is 6.29. The molecule has 0 bridgehead atoms. The summed E-state index contributed by atoms with van der Waals surface area (Å²) in [5, 5.41) is 9.64. The minimum absolute atomic E-state index is 0.105. The monoisotopic (exact) mass is 525 g/mol. The zero-order valence-electron chi connectivity index (χ0n) is 18.2. The van der Waals surface area contributed by atoms with E-state index >= 15 is 4.39 Å². The van der Waals surface area contributed by atoms with E-state index < -0.39 is 58.4 Å². The lowest BCUT2D eigenvalue weighted by atomic mass is 9.84. The first-order valence-electron chi connectivity index (χ1n) is 10.1. The van der Waals surface area contributed by atoms with Gasteiger partial charge in [0, 0.05) is 29.2 Å². The van der Waals surface area contributed by atoms with Gasteiger partial charge in [-0.25, -0.2) is 14.2 Å². The summed E-state index contributed by atoms with van der Waals surface area (Å²) in [5.74, 6) is -4.61. The van der Waals surface area contributed by atoms with Gasteiger partial charge in [-0.1, -0.05) is 17.7 Å². The molecule has 0 aliphatic carbocycles. The Morgan fingerprint density at radius 1 is 1.17 bits per heavy atom. The second-order valence-electron chi connectivity index (χ2n) is 7.83. The van der Waals surface area contributed by atoms with E-state index in [4.69, 9.17) is 27.8 Å². The number of carbonyl (C=O) groups excluding carboxylic acids is 1. The van der Waals surface area contributed by atoms with Gasteiger partial charge >= 0.3 is 12.3 Å². The summed E-state index contributed by atoms with van der Waals surface area (Å²) in [6.07, 6.45) is -6.46. The van der Waals surface area contributed by atoms with Crippen LogP contribution >= 0.6 is 11.6 Å². The van der Waals surface area contributed by atoms with Crippen LogP contribution in [0.15, 0.2) is 36.4 Å². The number of alkyl halides is 3. The molecule has 2 atom stereocenters. The van der Waals surface area contributed by atoms with Gasteiger partial charge in [-0.3, -0.25) is 9.69 Å². The molecule has 4 rings (SSSR count). The maximum absolute atomic E-state index is 15.8. The van der Waals surface area contributed by atoms with Gasteiger partial charge in [-0.05, 0) is 36.8 Å². The highest BCUT2D eigenvalue weighted by Crippen LogP contribution is 2.50. The Labute approximate surface area is 205 Å². The number of primary amides is 1. The van der Waals surface area contributed by atoms with Gasteiger partial charge in [0.25, 0.3) is 0 Å². The molecule has 0 spiro atoms. The average Bonchev–Trinajstić information content (AvgIpc) is 3.06. The number of hydrogen-bond acceptors (Lipinski definition) is 6. The van der Waals surface area contributed by atoms with E-state index in [1.807, 2.05) is 0 Å². The molecule has 2 unspecified atom stereocenters. The maximum Gasteiger partial charge on any atom is 0.416 e. The number of rotatable bonds is 4. The molecule has 2 heterocycles. The number of amides is 2. The lowest BCUT2D eigenvalue weighted by Gasteiger charge is -2.25. The number of aromatic nitrogens is 2. The third-order valence-electron chi connectivity index (χ3n) is 5.67. The summed E-state index contributed by atoms with van der Waals surface area (Å²) >= 11 is 5.81. The molecule has 1 aromatic heterocycles. The zero-order valence-corrected chi connectivity index (χ0v) is 18.9. The number of anilines is 2. The molecule has 0 radical (unpaired) electrons. The van der Waals surface area contributed by atoms with Crippen LogP contribution in [0.2, 0.25) is 5.15 Å². The highest BCUT2D eigenvalue weighted by atomic mass is 35.5. The standard InChI is InChI=1S/C22H16ClF4N5O4/c1-8-16(10-3-2-9(19(28)33)6-11(10)22(25,26)27)17-12(32(8)21(34)35)4-5-13(18(17)24)36-15-7-14(23)30-20(29)31-15/h2-8,16H,1H3,(H2,28,33)(H,34,35)(H2,29,30,31). The van der Waals surface area contributed by atoms with Crippen molar-refractivity contribution in [2.45, 2.75) is 25.1 Å². The molecule has 3 aromatic rings. The molecule has 0 fully saturated rings. The van der Waals surface area contributed by atoms with E-state index in [-0.39, 0.29) is 28.2 Å². The van der Waals surface area contributed by atoms with E-state index in [1.54, 1.807) is 0 Å². The number of halogens is 5. The first kappa shape index (κ1) is 25.0. The second kappa shape index (κ2) is 8.82. The third-order valence-corrected chi connectivity index (χ3v) is 5.86. The largest absolute Gasteiger partial charge is 0.465 e. The normalized spacial score (nSPS) is 17.1. The van der Waals surface area contributed by atoms with Crippen LogP contribution in [0.1, 0.15) is 39.9 Å². The smallest absolute Gasteiger partial charge is 0.416 e. The summed E-state index contributed by atoms with van der Waals surface area (Å²) in [6.45, 7) is 1.34. The van der Waals surface area contributed by atoms with Crippen LogP contribution in [0, 0.1) is 5.82 Å². The molecular weight excluding hydrogens is 510 g/mol. The number of carboxylic acid groups (broad SMARTS) is 1. The zero-order chi connectivity index (χ0) is 26.5. The fraction of sp³-hybridized carbons (Fsp3) is 0.182. The summed E-state index contributed by atoms with van der Waals surface area (Å²) in [7, 11) is 0. The Morgan fingerprint density at radius 3 is 2.44 bits per heavy atom. The first-order chi connectivity index (χ1) is 16.8. The number of ether oxygens (including phenoxy) is 1. The van der Waals surface area contributed by atoms with Gasteiger partial charge in [0.15, 0.2) is 11.6 Å². The molecule has 188 valence electrons. The maximum atomic E-state index is 15.8. The third kappa shape index (κ3) is 4.33. The van der Waals surface area contributed by atoms with E-state index in [0.29, 0.717) is 6.07 Å². The number of carbonyl (C=O) groups is 2. The van der Waals surface area contributed by atoms with Crippen LogP contribution in [-0.4, -0.2) is 33.1 Å². The van der Waals surface area contributed by atoms with Crippen molar-refractivity contribution < 1.29 is 37.0 Å². The number of nitrogens with zero attached hydrogens (tertiary/aromatic N) is 3. The fourth-order valence-corrected chi connectivity index (χ4v) is 4.43. The van der Waals surface area contributed by atoms with Crippen LogP contribution in [0.3, 0.4) is 0 Å². The van der Waals surface area contributed by atoms with Crippen molar-refractivity contribution in [2.24, 2.45) is 5.73 Å². The van der Waals surface area contributed by atoms with Crippen LogP contribution < -0.4 is 21.1 Å². The Balaban J connectivity index is 1.93. The quantitative estimate of drug-likeness (QED) is 0.328. The molecule has 2 amide bonds. The fourth-order valence-electron chi connectivity index (χ4n) is 4.25. The average molecular weight is 526 g/mol. The van der Waals surface area contributed by atoms with E-state index in [2.05, 4.69) is 9.97 Å². The minimum Gasteiger partial charge on any atom is -0.465 e. The highest BCUT2D eigenvalue weighted by Gasteiger charge is 2.46. The number of hydrogen-bond donors (Lipinski definition) is 3. The molecule has 9 nitrogen and oxygen atoms in total. The van der Waals surface area contributed by atoms with Crippen molar-refractivity contribution in [3.8, 4) is 11.6 Å². The van der Waals surface area contributed by atoms with Gasteiger partial charge in [-0.2, -0.15) is 18.2 Å². The lowest BCUT2D eigenvalue weighted by Crippen LogP contribution is -2.36. The number of fused-ring (bicyclic) bond motifs is 1. The van der Waals surface area contributed by atoms with E-state index in [9.17, 15) is 27.9 Å². The van der Waals surface area contributed by atoms with Gasteiger partial charge in [0.2, 0.25) is 17.7 Å². The SMILES string of the molecule is CC1C(c2ccc(C(N)=O)cc2C(F)(F)F)c2c(ccc(Oc3cc(Cl)nc(N)n3)c2F)N1C(=O)O. The number of nitrogen functional groups attached to an aromatic ring is 1. The van der Waals surface area contributed by atoms with Gasteiger partial charge in [0.05, 0.1) is 11.3 Å². The van der Waals surface area contributed by atoms with Crippen molar-refractivity contribution in [3.05, 3.63) is 69.6 Å². The topological polar surface area (TPSA) is 145 Å². The van der Waals surface area contributed by atoms with Crippen LogP contribution in [0.4, 0.5) is 34.0 Å². The van der Waals surface area contributed by atoms with Crippen molar-refractivity contribution in [2.75, 3.05) is 10.6 Å². The predicted molar refractivity (Wildman–Crippen MR) is 120 cm³/mol. The van der Waals surface area contributed by atoms with E-state index in [0.717, 1.165) is 29.2 Å². The van der Waals surface area contributed by atoms with Gasteiger partial charge < -0.3 is 21.3 Å². The Hall–Kier alpha value is -4.13. The predicted octanol–water partition coefficient (Wildman–Crippen LogP) is 4.78. The van der Waals surface area contributed by atoms with Gasteiger partial charge in [0.1, 0.15) is 5.15 Å². The number of benzene rings is 2. The summed E-state index contributed by atoms with van der Waals surface area (Å²) in [5.41, 5.74) is 8.00. The Bertz CT molecular complexity index is 1380. The molecule has 14 heteroatoms. The second-order valence-corrected chi connectivity index (χ2v) is 8.22. The van der Waals surface area contributed by atoms with Crippen molar-refractivity contribution in [1.29, 1.82) is 0 Å². The summed E-state index contributed by atoms with van der Waals surface area (Å²) in [6, 6.07) is 4.88. The molecule has 2 aromatic carbocycles. The summed E-state index contributed by atoms with van der Waals surface area (Å²) < 4.78 is 63.3. The Morgan fingerprint density at radius 2 is 1.86 bits per heavy atom. The lowest BCUT2D eigenvalue weighted by molar-refractivity contribution is -0.138. The van der Waals surface area contributed by atoms with Crippen LogP contribution in [0.25, 0.3) is 0 Å². The van der Waals surface area contributed by atoms with Crippen LogP contribution in [-0.2, 0) is 6.18 Å². The van der Waals surface area contributed by atoms with Gasteiger partial charge in [-0.15, -0.1) is 0 Å². The van der Waals surface area contributed by atoms with Crippen molar-refractivity contribution in [3.63, 3.8) is 0 Å². The van der Waals surface area contributed by atoms with Crippen LogP contribution in [0.5, 0.6) is 11.6 Å². The first-order valence-corrected chi connectivity index (χ1v) is 10.5. The van der Waals surface area contributed by atoms with Crippen molar-refractivity contribution >= 4 is 35.2 Å². The molecule has 1 aliphatic heterocycles. The molecule has 0 saturated carbocycles. The molecule has 36 heavy (non-hydrogen) atoms. The van der Waals surface area contributed by atoms with Crippen molar-refractivity contribution in [1.82, 2.24) is 9.97 Å². The Kier molecular flexibility index (Phi) is 6.12. The molecular formula is C22H16ClF4N5O4. The number of nitrogens with two attached hydrogens (primary N) is 2.